The molecule has 2 aliphatic rings. The predicted octanol–water partition coefficient (Wildman–Crippen LogP) is 3.48. The van der Waals surface area contributed by atoms with Gasteiger partial charge in [0.25, 0.3) is 5.91 Å². The van der Waals surface area contributed by atoms with E-state index in [0.717, 1.165) is 56.3 Å². The lowest BCUT2D eigenvalue weighted by Gasteiger charge is -2.28. The van der Waals surface area contributed by atoms with E-state index >= 15 is 0 Å². The first-order valence-corrected chi connectivity index (χ1v) is 10.6. The van der Waals surface area contributed by atoms with Gasteiger partial charge in [0.05, 0.1) is 6.54 Å². The second-order valence-electron chi connectivity index (χ2n) is 8.04. The van der Waals surface area contributed by atoms with E-state index in [1.54, 1.807) is 0 Å². The van der Waals surface area contributed by atoms with E-state index in [1.807, 2.05) is 27.8 Å². The first-order valence-electron chi connectivity index (χ1n) is 10.6. The van der Waals surface area contributed by atoms with Crippen LogP contribution in [0.15, 0.2) is 36.9 Å². The second-order valence-corrected chi connectivity index (χ2v) is 8.04. The Morgan fingerprint density at radius 1 is 1.24 bits per heavy atom. The van der Waals surface area contributed by atoms with Crippen LogP contribution in [0.4, 0.5) is 4.39 Å². The van der Waals surface area contributed by atoms with Gasteiger partial charge in [-0.05, 0) is 56.2 Å². The van der Waals surface area contributed by atoms with Crippen molar-refractivity contribution in [2.24, 2.45) is 0 Å². The van der Waals surface area contributed by atoms with E-state index in [4.69, 9.17) is 5.10 Å². The summed E-state index contributed by atoms with van der Waals surface area (Å²) in [5.41, 5.74) is 3.94. The molecule has 0 bridgehead atoms. The second kappa shape index (κ2) is 8.91. The number of allylic oxidation sites excluding steroid dienone is 1. The molecule has 1 atom stereocenters. The van der Waals surface area contributed by atoms with Gasteiger partial charge in [0.15, 0.2) is 5.69 Å². The number of aromatic nitrogens is 2. The molecule has 0 spiro atoms. The molecule has 0 saturated carbocycles. The van der Waals surface area contributed by atoms with Gasteiger partial charge in [-0.1, -0.05) is 18.2 Å². The van der Waals surface area contributed by atoms with E-state index in [1.165, 1.54) is 24.2 Å². The quantitative estimate of drug-likeness (QED) is 0.761. The standard InChI is InChI=1S/C23H29FN4O/c1-2-12-28-21-11-10-19(25-16-17-6-8-18(24)9-7-17)15-20(21)22(26-28)23(29)27-13-4-3-5-14-27/h2,6-9,19,25H,1,3-5,10-16H2/t19-/m0/s1. The highest BCUT2D eigenvalue weighted by atomic mass is 19.1. The van der Waals surface area contributed by atoms with Crippen molar-refractivity contribution in [3.63, 3.8) is 0 Å². The van der Waals surface area contributed by atoms with E-state index in [0.29, 0.717) is 18.8 Å². The summed E-state index contributed by atoms with van der Waals surface area (Å²) >= 11 is 0. The maximum absolute atomic E-state index is 13.2. The maximum atomic E-state index is 13.2. The summed E-state index contributed by atoms with van der Waals surface area (Å²) in [4.78, 5) is 15.1. The Morgan fingerprint density at radius 3 is 2.72 bits per heavy atom. The van der Waals surface area contributed by atoms with Gasteiger partial charge in [0, 0.05) is 36.9 Å². The van der Waals surface area contributed by atoms with Gasteiger partial charge in [-0.2, -0.15) is 5.10 Å². The third-order valence-electron chi connectivity index (χ3n) is 6.00. The van der Waals surface area contributed by atoms with Crippen LogP contribution >= 0.6 is 0 Å². The SMILES string of the molecule is C=CCn1nc(C(=O)N2CCCCC2)c2c1CC[C@H](NCc1ccc(F)cc1)C2. The normalized spacial score (nSPS) is 19.1. The van der Waals surface area contributed by atoms with Crippen molar-refractivity contribution >= 4 is 5.91 Å². The van der Waals surface area contributed by atoms with Crippen LogP contribution in [-0.2, 0) is 25.9 Å². The van der Waals surface area contributed by atoms with Crippen LogP contribution in [0.3, 0.4) is 0 Å². The fourth-order valence-corrected chi connectivity index (χ4v) is 4.42. The van der Waals surface area contributed by atoms with Crippen molar-refractivity contribution in [2.45, 2.75) is 57.7 Å². The number of piperidine rings is 1. The van der Waals surface area contributed by atoms with Crippen LogP contribution in [0.5, 0.6) is 0 Å². The lowest BCUT2D eigenvalue weighted by atomic mass is 9.90. The van der Waals surface area contributed by atoms with Crippen molar-refractivity contribution in [3.8, 4) is 0 Å². The molecule has 6 heteroatoms. The molecule has 0 unspecified atom stereocenters. The molecule has 1 aromatic heterocycles. The number of hydrogen-bond donors (Lipinski definition) is 1. The Morgan fingerprint density at radius 2 is 2.00 bits per heavy atom. The number of halogens is 1. The molecule has 2 heterocycles. The summed E-state index contributed by atoms with van der Waals surface area (Å²) < 4.78 is 15.1. The molecule has 1 aliphatic carbocycles. The van der Waals surface area contributed by atoms with Crippen molar-refractivity contribution in [3.05, 3.63) is 65.3 Å². The highest BCUT2D eigenvalue weighted by molar-refractivity contribution is 5.94. The fourth-order valence-electron chi connectivity index (χ4n) is 4.42. The van der Waals surface area contributed by atoms with Gasteiger partial charge < -0.3 is 10.2 Å². The minimum atomic E-state index is -0.216. The first kappa shape index (κ1) is 19.8. The van der Waals surface area contributed by atoms with Crippen LogP contribution in [0.1, 0.15) is 53.0 Å². The number of hydrogen-bond acceptors (Lipinski definition) is 3. The van der Waals surface area contributed by atoms with Gasteiger partial charge in [0.1, 0.15) is 5.82 Å². The zero-order valence-corrected chi connectivity index (χ0v) is 16.9. The van der Waals surface area contributed by atoms with Crippen LogP contribution in [0.25, 0.3) is 0 Å². The summed E-state index contributed by atoms with van der Waals surface area (Å²) in [5, 5.41) is 8.28. The van der Waals surface area contributed by atoms with Crippen molar-refractivity contribution in [1.29, 1.82) is 0 Å². The molecular formula is C23H29FN4O. The number of nitrogens with one attached hydrogen (secondary N) is 1. The molecule has 5 nitrogen and oxygen atoms in total. The average Bonchev–Trinajstić information content (AvgIpc) is 3.11. The molecule has 4 rings (SSSR count). The lowest BCUT2D eigenvalue weighted by molar-refractivity contribution is 0.0716. The minimum Gasteiger partial charge on any atom is -0.337 e. The Balaban J connectivity index is 1.51. The monoisotopic (exact) mass is 396 g/mol. The van der Waals surface area contributed by atoms with E-state index in [9.17, 15) is 9.18 Å². The number of amides is 1. The van der Waals surface area contributed by atoms with Crippen LogP contribution in [0, 0.1) is 5.82 Å². The topological polar surface area (TPSA) is 50.2 Å². The van der Waals surface area contributed by atoms with Gasteiger partial charge in [-0.3, -0.25) is 9.48 Å². The number of fused-ring (bicyclic) bond motifs is 1. The van der Waals surface area contributed by atoms with Crippen molar-refractivity contribution < 1.29 is 9.18 Å². The van der Waals surface area contributed by atoms with Crippen LogP contribution < -0.4 is 5.32 Å². The molecule has 1 aromatic carbocycles. The Hall–Kier alpha value is -2.47. The number of benzene rings is 1. The van der Waals surface area contributed by atoms with Crippen LogP contribution in [0.2, 0.25) is 0 Å². The molecule has 0 radical (unpaired) electrons. The Kier molecular flexibility index (Phi) is 6.09. The number of carbonyl (C=O) groups is 1. The summed E-state index contributed by atoms with van der Waals surface area (Å²) in [7, 11) is 0. The number of rotatable bonds is 6. The van der Waals surface area contributed by atoms with E-state index in [2.05, 4.69) is 11.9 Å². The molecule has 154 valence electrons. The molecule has 1 fully saturated rings. The Labute approximate surface area is 171 Å². The molecule has 1 aliphatic heterocycles. The number of carbonyl (C=O) groups excluding carboxylic acids is 1. The summed E-state index contributed by atoms with van der Waals surface area (Å²) in [6, 6.07) is 6.88. The predicted molar refractivity (Wildman–Crippen MR) is 111 cm³/mol. The Bertz CT molecular complexity index is 868. The van der Waals surface area contributed by atoms with Crippen molar-refractivity contribution in [1.82, 2.24) is 20.0 Å². The molecule has 29 heavy (non-hydrogen) atoms. The third-order valence-corrected chi connectivity index (χ3v) is 6.00. The number of likely N-dealkylation sites (tertiary alicyclic amines) is 1. The van der Waals surface area contributed by atoms with Gasteiger partial charge in [0.2, 0.25) is 0 Å². The highest BCUT2D eigenvalue weighted by Gasteiger charge is 2.31. The maximum Gasteiger partial charge on any atom is 0.274 e. The molecule has 2 aromatic rings. The smallest absolute Gasteiger partial charge is 0.274 e. The molecular weight excluding hydrogens is 367 g/mol. The lowest BCUT2D eigenvalue weighted by Crippen LogP contribution is -2.38. The third kappa shape index (κ3) is 4.42. The first-order chi connectivity index (χ1) is 14.2. The molecule has 1 amide bonds. The van der Waals surface area contributed by atoms with Gasteiger partial charge in [-0.15, -0.1) is 6.58 Å². The largest absolute Gasteiger partial charge is 0.337 e. The minimum absolute atomic E-state index is 0.0722. The van der Waals surface area contributed by atoms with Gasteiger partial charge >= 0.3 is 0 Å². The molecule has 1 saturated heterocycles. The summed E-state index contributed by atoms with van der Waals surface area (Å²) in [5.74, 6) is -0.144. The zero-order valence-electron chi connectivity index (χ0n) is 16.9. The summed E-state index contributed by atoms with van der Waals surface area (Å²) in [6.07, 6.45) is 7.86. The summed E-state index contributed by atoms with van der Waals surface area (Å²) in [6.45, 7) is 6.81. The number of nitrogens with zero attached hydrogens (tertiary/aromatic N) is 3. The molecule has 1 N–H and O–H groups in total. The van der Waals surface area contributed by atoms with E-state index < -0.39 is 0 Å². The van der Waals surface area contributed by atoms with Crippen molar-refractivity contribution in [2.75, 3.05) is 13.1 Å². The average molecular weight is 397 g/mol. The van der Waals surface area contributed by atoms with Gasteiger partial charge in [-0.25, -0.2) is 4.39 Å². The highest BCUT2D eigenvalue weighted by Crippen LogP contribution is 2.27. The van der Waals surface area contributed by atoms with Crippen LogP contribution in [-0.4, -0.2) is 39.7 Å². The zero-order chi connectivity index (χ0) is 20.2. The fraction of sp³-hybridized carbons (Fsp3) is 0.478. The van der Waals surface area contributed by atoms with E-state index in [-0.39, 0.29) is 17.8 Å².